The van der Waals surface area contributed by atoms with E-state index in [2.05, 4.69) is 0 Å². The Hall–Kier alpha value is -2.04. The molecule has 0 radical (unpaired) electrons. The third-order valence-corrected chi connectivity index (χ3v) is 2.91. The van der Waals surface area contributed by atoms with Crippen molar-refractivity contribution >= 4 is 17.6 Å². The van der Waals surface area contributed by atoms with Gasteiger partial charge < -0.3 is 15.4 Å². The molecule has 2 N–H and O–H groups in total. The number of ether oxygens (including phenoxy) is 1. The molecule has 1 aromatic rings. The number of nitrogens with two attached hydrogens (primary N) is 1. The summed E-state index contributed by atoms with van der Waals surface area (Å²) < 4.78 is 5.10. The number of rotatable bonds is 4. The van der Waals surface area contributed by atoms with E-state index in [0.29, 0.717) is 24.2 Å². The molecular formula is C13H16N2O3. The maximum atomic E-state index is 11.6. The van der Waals surface area contributed by atoms with Crippen molar-refractivity contribution in [3.05, 3.63) is 29.8 Å². The van der Waals surface area contributed by atoms with E-state index in [4.69, 9.17) is 10.5 Å². The van der Waals surface area contributed by atoms with Gasteiger partial charge in [0.1, 0.15) is 6.61 Å². The largest absolute Gasteiger partial charge is 0.460 e. The molecule has 0 bridgehead atoms. The summed E-state index contributed by atoms with van der Waals surface area (Å²) in [6.45, 7) is 1.47. The molecule has 0 aromatic heterocycles. The van der Waals surface area contributed by atoms with Crippen LogP contribution in [0.2, 0.25) is 0 Å². The fraction of sp³-hybridized carbons (Fsp3) is 0.385. The summed E-state index contributed by atoms with van der Waals surface area (Å²) in [5, 5.41) is 0. The number of carbonyl (C=O) groups is 2. The van der Waals surface area contributed by atoms with Crippen LogP contribution in [0.3, 0.4) is 0 Å². The first-order chi connectivity index (χ1) is 8.66. The third-order valence-electron chi connectivity index (χ3n) is 2.91. The highest BCUT2D eigenvalue weighted by Gasteiger charge is 2.19. The maximum Gasteiger partial charge on any atom is 0.338 e. The minimum atomic E-state index is -0.387. The number of hydrogen-bond donors (Lipinski definition) is 1. The fourth-order valence-corrected chi connectivity index (χ4v) is 1.89. The van der Waals surface area contributed by atoms with Crippen LogP contribution in [0.5, 0.6) is 0 Å². The molecule has 0 spiro atoms. The van der Waals surface area contributed by atoms with Gasteiger partial charge in [-0.2, -0.15) is 0 Å². The van der Waals surface area contributed by atoms with Crippen molar-refractivity contribution < 1.29 is 14.3 Å². The standard InChI is InChI=1S/C13H16N2O3/c14-11-5-3-10(4-6-11)13(17)18-9-8-15-7-1-2-12(15)16/h3-6H,1-2,7-9,14H2. The number of hydrogen-bond acceptors (Lipinski definition) is 4. The Bertz CT molecular complexity index is 442. The zero-order chi connectivity index (χ0) is 13.0. The van der Waals surface area contributed by atoms with Gasteiger partial charge in [-0.05, 0) is 30.7 Å². The maximum absolute atomic E-state index is 11.6. The first kappa shape index (κ1) is 12.4. The molecule has 1 saturated heterocycles. The summed E-state index contributed by atoms with van der Waals surface area (Å²) in [6, 6.07) is 6.55. The van der Waals surface area contributed by atoms with Crippen molar-refractivity contribution in [2.75, 3.05) is 25.4 Å². The van der Waals surface area contributed by atoms with Crippen molar-refractivity contribution in [3.8, 4) is 0 Å². The molecule has 0 atom stereocenters. The van der Waals surface area contributed by atoms with E-state index in [-0.39, 0.29) is 18.5 Å². The van der Waals surface area contributed by atoms with Gasteiger partial charge in [-0.3, -0.25) is 4.79 Å². The minimum absolute atomic E-state index is 0.138. The lowest BCUT2D eigenvalue weighted by Gasteiger charge is -2.15. The predicted octanol–water partition coefficient (Wildman–Crippen LogP) is 1.05. The highest BCUT2D eigenvalue weighted by molar-refractivity contribution is 5.89. The quantitative estimate of drug-likeness (QED) is 0.638. The first-order valence-electron chi connectivity index (χ1n) is 5.97. The Kier molecular flexibility index (Phi) is 3.82. The van der Waals surface area contributed by atoms with Crippen molar-refractivity contribution in [2.45, 2.75) is 12.8 Å². The van der Waals surface area contributed by atoms with Crippen LogP contribution in [0, 0.1) is 0 Å². The van der Waals surface area contributed by atoms with Crippen LogP contribution >= 0.6 is 0 Å². The third kappa shape index (κ3) is 3.00. The number of amides is 1. The number of esters is 1. The van der Waals surface area contributed by atoms with Crippen molar-refractivity contribution in [1.82, 2.24) is 4.90 Å². The second-order valence-electron chi connectivity index (χ2n) is 4.24. The summed E-state index contributed by atoms with van der Waals surface area (Å²) in [5.74, 6) is -0.250. The van der Waals surface area contributed by atoms with Crippen LogP contribution in [-0.4, -0.2) is 36.5 Å². The molecule has 0 aliphatic carbocycles. The number of carbonyl (C=O) groups excluding carboxylic acids is 2. The molecule has 18 heavy (non-hydrogen) atoms. The van der Waals surface area contributed by atoms with E-state index < -0.39 is 0 Å². The number of benzene rings is 1. The topological polar surface area (TPSA) is 72.6 Å². The van der Waals surface area contributed by atoms with Crippen LogP contribution in [0.15, 0.2) is 24.3 Å². The normalized spacial score (nSPS) is 14.9. The molecule has 1 aliphatic rings. The van der Waals surface area contributed by atoms with Crippen LogP contribution in [-0.2, 0) is 9.53 Å². The number of nitrogen functional groups attached to an aromatic ring is 1. The molecule has 96 valence electrons. The molecule has 5 nitrogen and oxygen atoms in total. The summed E-state index contributed by atoms with van der Waals surface area (Å²) in [7, 11) is 0. The molecule has 1 heterocycles. The number of likely N-dealkylation sites (tertiary alicyclic amines) is 1. The Balaban J connectivity index is 1.78. The minimum Gasteiger partial charge on any atom is -0.460 e. The second-order valence-corrected chi connectivity index (χ2v) is 4.24. The lowest BCUT2D eigenvalue weighted by molar-refractivity contribution is -0.128. The van der Waals surface area contributed by atoms with Crippen LogP contribution in [0.25, 0.3) is 0 Å². The van der Waals surface area contributed by atoms with Crippen LogP contribution in [0.4, 0.5) is 5.69 Å². The van der Waals surface area contributed by atoms with Crippen molar-refractivity contribution in [3.63, 3.8) is 0 Å². The molecule has 0 unspecified atom stereocenters. The average Bonchev–Trinajstić information content (AvgIpc) is 2.76. The number of nitrogens with zero attached hydrogens (tertiary/aromatic N) is 1. The summed E-state index contributed by atoms with van der Waals surface area (Å²) in [5.41, 5.74) is 6.60. The van der Waals surface area contributed by atoms with Crippen molar-refractivity contribution in [1.29, 1.82) is 0 Å². The summed E-state index contributed by atoms with van der Waals surface area (Å²) in [6.07, 6.45) is 1.50. The monoisotopic (exact) mass is 248 g/mol. The Morgan fingerprint density at radius 3 is 2.67 bits per heavy atom. The zero-order valence-corrected chi connectivity index (χ0v) is 10.1. The van der Waals surface area contributed by atoms with Gasteiger partial charge >= 0.3 is 5.97 Å². The predicted molar refractivity (Wildman–Crippen MR) is 67.0 cm³/mol. The van der Waals surface area contributed by atoms with Crippen LogP contribution in [0.1, 0.15) is 23.2 Å². The SMILES string of the molecule is Nc1ccc(C(=O)OCCN2CCCC2=O)cc1. The van der Waals surface area contributed by atoms with Crippen molar-refractivity contribution in [2.24, 2.45) is 0 Å². The Morgan fingerprint density at radius 1 is 1.33 bits per heavy atom. The van der Waals surface area contributed by atoms with Gasteiger partial charge in [-0.25, -0.2) is 4.79 Å². The van der Waals surface area contributed by atoms with E-state index >= 15 is 0 Å². The van der Waals surface area contributed by atoms with Gasteiger partial charge in [-0.1, -0.05) is 0 Å². The molecule has 5 heteroatoms. The smallest absolute Gasteiger partial charge is 0.338 e. The number of anilines is 1. The summed E-state index contributed by atoms with van der Waals surface area (Å²) >= 11 is 0. The highest BCUT2D eigenvalue weighted by atomic mass is 16.5. The van der Waals surface area contributed by atoms with Crippen LogP contribution < -0.4 is 5.73 Å². The molecule has 1 fully saturated rings. The average molecular weight is 248 g/mol. The molecule has 1 aromatic carbocycles. The van der Waals surface area contributed by atoms with E-state index in [9.17, 15) is 9.59 Å². The van der Waals surface area contributed by atoms with Gasteiger partial charge in [0.05, 0.1) is 12.1 Å². The van der Waals surface area contributed by atoms with E-state index in [1.807, 2.05) is 0 Å². The summed E-state index contributed by atoms with van der Waals surface area (Å²) in [4.78, 5) is 24.7. The van der Waals surface area contributed by atoms with E-state index in [1.54, 1.807) is 29.2 Å². The molecule has 1 aliphatic heterocycles. The molecule has 2 rings (SSSR count). The second kappa shape index (κ2) is 5.53. The zero-order valence-electron chi connectivity index (χ0n) is 10.1. The Morgan fingerprint density at radius 2 is 2.06 bits per heavy atom. The van der Waals surface area contributed by atoms with Gasteiger partial charge in [0.15, 0.2) is 0 Å². The first-order valence-corrected chi connectivity index (χ1v) is 5.97. The lowest BCUT2D eigenvalue weighted by Crippen LogP contribution is -2.29. The fourth-order valence-electron chi connectivity index (χ4n) is 1.89. The molecule has 0 saturated carbocycles. The van der Waals surface area contributed by atoms with Gasteiger partial charge in [0.2, 0.25) is 5.91 Å². The van der Waals surface area contributed by atoms with E-state index in [0.717, 1.165) is 13.0 Å². The van der Waals surface area contributed by atoms with Gasteiger partial charge in [0, 0.05) is 18.7 Å². The molecular weight excluding hydrogens is 232 g/mol. The van der Waals surface area contributed by atoms with Gasteiger partial charge in [0.25, 0.3) is 0 Å². The van der Waals surface area contributed by atoms with E-state index in [1.165, 1.54) is 0 Å². The van der Waals surface area contributed by atoms with Gasteiger partial charge in [-0.15, -0.1) is 0 Å². The lowest BCUT2D eigenvalue weighted by atomic mass is 10.2. The highest BCUT2D eigenvalue weighted by Crippen LogP contribution is 2.10. The molecule has 1 amide bonds. The Labute approximate surface area is 106 Å².